The molecule has 5 nitrogen and oxygen atoms in total. The van der Waals surface area contributed by atoms with Crippen molar-refractivity contribution in [3.05, 3.63) is 89.5 Å². The van der Waals surface area contributed by atoms with Crippen LogP contribution in [-0.2, 0) is 16.6 Å². The van der Waals surface area contributed by atoms with Gasteiger partial charge in [0.2, 0.25) is 10.0 Å². The lowest BCUT2D eigenvalue weighted by atomic mass is 10.0. The van der Waals surface area contributed by atoms with E-state index in [4.69, 9.17) is 5.26 Å². The average molecular weight is 432 g/mol. The van der Waals surface area contributed by atoms with Crippen LogP contribution in [0.5, 0.6) is 0 Å². The predicted octanol–water partition coefficient (Wildman–Crippen LogP) is 4.09. The Hall–Kier alpha value is -2.98. The molecule has 3 aromatic carbocycles. The van der Waals surface area contributed by atoms with Gasteiger partial charge >= 0.3 is 0 Å². The van der Waals surface area contributed by atoms with Gasteiger partial charge in [0.25, 0.3) is 0 Å². The number of benzene rings is 3. The predicted molar refractivity (Wildman–Crippen MR) is 122 cm³/mol. The van der Waals surface area contributed by atoms with Gasteiger partial charge in [-0.25, -0.2) is 13.1 Å². The number of hydrogen-bond donors (Lipinski definition) is 1. The van der Waals surface area contributed by atoms with E-state index in [1.54, 1.807) is 19.1 Å². The van der Waals surface area contributed by atoms with Crippen LogP contribution in [0.25, 0.3) is 11.1 Å². The van der Waals surface area contributed by atoms with Crippen molar-refractivity contribution in [1.29, 1.82) is 5.26 Å². The minimum atomic E-state index is -3.67. The van der Waals surface area contributed by atoms with Crippen LogP contribution in [0.1, 0.15) is 23.1 Å². The molecule has 0 radical (unpaired) electrons. The highest BCUT2D eigenvalue weighted by molar-refractivity contribution is 7.89. The third-order valence-corrected chi connectivity index (χ3v) is 7.33. The minimum absolute atomic E-state index is 0.140. The van der Waals surface area contributed by atoms with Crippen LogP contribution >= 0.6 is 0 Å². The maximum atomic E-state index is 12.9. The van der Waals surface area contributed by atoms with Gasteiger partial charge < -0.3 is 0 Å². The number of hydrogen-bond acceptors (Lipinski definition) is 4. The van der Waals surface area contributed by atoms with Crippen molar-refractivity contribution < 1.29 is 8.42 Å². The molecule has 3 aromatic rings. The molecule has 4 rings (SSSR count). The SMILES string of the molecule is Cc1ccc(C#N)cc1S(=O)(=O)NC1CCN(Cc2ccc(-c3ccccc3)cc2)C1. The van der Waals surface area contributed by atoms with E-state index in [9.17, 15) is 8.42 Å². The number of rotatable bonds is 6. The lowest BCUT2D eigenvalue weighted by Gasteiger charge is -2.18. The summed E-state index contributed by atoms with van der Waals surface area (Å²) in [6.07, 6.45) is 0.762. The quantitative estimate of drug-likeness (QED) is 0.638. The number of nitrogens with one attached hydrogen (secondary N) is 1. The van der Waals surface area contributed by atoms with Crippen LogP contribution < -0.4 is 4.72 Å². The zero-order chi connectivity index (χ0) is 21.8. The van der Waals surface area contributed by atoms with Gasteiger partial charge in [0.15, 0.2) is 0 Å². The normalized spacial score (nSPS) is 16.8. The average Bonchev–Trinajstić information content (AvgIpc) is 3.21. The maximum Gasteiger partial charge on any atom is 0.241 e. The summed E-state index contributed by atoms with van der Waals surface area (Å²) in [5.41, 5.74) is 4.57. The fraction of sp³-hybridized carbons (Fsp3) is 0.240. The highest BCUT2D eigenvalue weighted by Crippen LogP contribution is 2.22. The Kier molecular flexibility index (Phi) is 6.19. The third kappa shape index (κ3) is 5.02. The van der Waals surface area contributed by atoms with Gasteiger partial charge in [-0.3, -0.25) is 4.90 Å². The molecule has 0 aliphatic carbocycles. The van der Waals surface area contributed by atoms with Crippen molar-refractivity contribution in [2.45, 2.75) is 30.8 Å². The summed E-state index contributed by atoms with van der Waals surface area (Å²) in [6, 6.07) is 25.4. The van der Waals surface area contributed by atoms with Crippen LogP contribution in [0.2, 0.25) is 0 Å². The van der Waals surface area contributed by atoms with E-state index >= 15 is 0 Å². The van der Waals surface area contributed by atoms with Gasteiger partial charge in [-0.2, -0.15) is 5.26 Å². The van der Waals surface area contributed by atoms with Gasteiger partial charge in [0.05, 0.1) is 16.5 Å². The Bertz CT molecular complexity index is 1200. The number of aryl methyl sites for hydroxylation is 1. The summed E-state index contributed by atoms with van der Waals surface area (Å²) in [5, 5.41) is 9.09. The molecule has 1 atom stereocenters. The Morgan fingerprint density at radius 3 is 2.45 bits per heavy atom. The molecular formula is C25H25N3O2S. The van der Waals surface area contributed by atoms with Gasteiger partial charge in [-0.1, -0.05) is 60.7 Å². The molecular weight excluding hydrogens is 406 g/mol. The van der Waals surface area contributed by atoms with Gasteiger partial charge in [0, 0.05) is 25.7 Å². The van der Waals surface area contributed by atoms with Crippen LogP contribution in [0, 0.1) is 18.3 Å². The van der Waals surface area contributed by atoms with E-state index in [2.05, 4.69) is 46.0 Å². The van der Waals surface area contributed by atoms with Crippen molar-refractivity contribution in [3.8, 4) is 17.2 Å². The summed E-state index contributed by atoms with van der Waals surface area (Å²) in [5.74, 6) is 0. The highest BCUT2D eigenvalue weighted by atomic mass is 32.2. The van der Waals surface area contributed by atoms with E-state index < -0.39 is 10.0 Å². The molecule has 0 bridgehead atoms. The zero-order valence-electron chi connectivity index (χ0n) is 17.5. The van der Waals surface area contributed by atoms with Crippen molar-refractivity contribution in [1.82, 2.24) is 9.62 Å². The topological polar surface area (TPSA) is 73.2 Å². The molecule has 1 heterocycles. The van der Waals surface area contributed by atoms with Crippen LogP contribution in [0.15, 0.2) is 77.7 Å². The number of nitrogens with zero attached hydrogens (tertiary/aromatic N) is 2. The minimum Gasteiger partial charge on any atom is -0.297 e. The molecule has 1 fully saturated rings. The summed E-state index contributed by atoms with van der Waals surface area (Å²) >= 11 is 0. The van der Waals surface area contributed by atoms with Crippen molar-refractivity contribution in [2.75, 3.05) is 13.1 Å². The fourth-order valence-electron chi connectivity index (χ4n) is 4.01. The standard InChI is InChI=1S/C25H25N3O2S/c1-19-7-8-21(16-26)15-25(19)31(29,30)27-24-13-14-28(18-24)17-20-9-11-23(12-10-20)22-5-3-2-4-6-22/h2-12,15,24,27H,13-14,17-18H2,1H3. The molecule has 1 saturated heterocycles. The Morgan fingerprint density at radius 2 is 1.74 bits per heavy atom. The number of sulfonamides is 1. The third-order valence-electron chi connectivity index (χ3n) is 5.67. The van der Waals surface area contributed by atoms with Crippen LogP contribution in [0.3, 0.4) is 0 Å². The van der Waals surface area contributed by atoms with Crippen molar-refractivity contribution >= 4 is 10.0 Å². The lowest BCUT2D eigenvalue weighted by Crippen LogP contribution is -2.37. The van der Waals surface area contributed by atoms with E-state index in [0.717, 1.165) is 19.5 Å². The molecule has 0 saturated carbocycles. The van der Waals surface area contributed by atoms with Crippen LogP contribution in [0.4, 0.5) is 0 Å². The Labute approximate surface area is 184 Å². The van der Waals surface area contributed by atoms with E-state index in [1.807, 2.05) is 24.3 Å². The Balaban J connectivity index is 1.38. The van der Waals surface area contributed by atoms with Crippen molar-refractivity contribution in [3.63, 3.8) is 0 Å². The van der Waals surface area contributed by atoms with E-state index in [1.165, 1.54) is 22.8 Å². The largest absolute Gasteiger partial charge is 0.297 e. The molecule has 31 heavy (non-hydrogen) atoms. The number of likely N-dealkylation sites (tertiary alicyclic amines) is 1. The maximum absolute atomic E-state index is 12.9. The lowest BCUT2D eigenvalue weighted by molar-refractivity contribution is 0.324. The first kappa shape index (κ1) is 21.3. The monoisotopic (exact) mass is 431 g/mol. The molecule has 1 aliphatic heterocycles. The first-order valence-corrected chi connectivity index (χ1v) is 11.8. The number of nitriles is 1. The first-order valence-electron chi connectivity index (χ1n) is 10.3. The summed E-state index contributed by atoms with van der Waals surface area (Å²) in [4.78, 5) is 2.45. The molecule has 158 valence electrons. The molecule has 6 heteroatoms. The Morgan fingerprint density at radius 1 is 1.03 bits per heavy atom. The van der Waals surface area contributed by atoms with Crippen LogP contribution in [-0.4, -0.2) is 32.4 Å². The summed E-state index contributed by atoms with van der Waals surface area (Å²) in [7, 11) is -3.67. The summed E-state index contributed by atoms with van der Waals surface area (Å²) in [6.45, 7) is 4.04. The van der Waals surface area contributed by atoms with Gasteiger partial charge in [0.1, 0.15) is 0 Å². The molecule has 0 spiro atoms. The smallest absolute Gasteiger partial charge is 0.241 e. The fourth-order valence-corrected chi connectivity index (χ4v) is 5.54. The molecule has 1 aliphatic rings. The molecule has 1 N–H and O–H groups in total. The van der Waals surface area contributed by atoms with Gasteiger partial charge in [-0.05, 0) is 47.7 Å². The zero-order valence-corrected chi connectivity index (χ0v) is 18.3. The molecule has 0 amide bonds. The second-order valence-corrected chi connectivity index (χ2v) is 9.68. The molecule has 1 unspecified atom stereocenters. The van der Waals surface area contributed by atoms with Gasteiger partial charge in [-0.15, -0.1) is 0 Å². The van der Waals surface area contributed by atoms with E-state index in [-0.39, 0.29) is 10.9 Å². The second kappa shape index (κ2) is 9.03. The summed E-state index contributed by atoms with van der Waals surface area (Å²) < 4.78 is 28.6. The molecule has 0 aromatic heterocycles. The highest BCUT2D eigenvalue weighted by Gasteiger charge is 2.28. The second-order valence-electron chi connectivity index (χ2n) is 8.00. The first-order chi connectivity index (χ1) is 14.9. The van der Waals surface area contributed by atoms with E-state index in [0.29, 0.717) is 17.7 Å². The van der Waals surface area contributed by atoms with Crippen molar-refractivity contribution in [2.24, 2.45) is 0 Å².